The molecule has 2 aliphatic heterocycles. The first-order chi connectivity index (χ1) is 13.7. The normalized spacial score (nSPS) is 17.2. The minimum Gasteiger partial charge on any atom is -0.454 e. The van der Waals surface area contributed by atoms with E-state index in [9.17, 15) is 9.59 Å². The number of hydrogen-bond donors (Lipinski definition) is 1. The van der Waals surface area contributed by atoms with E-state index in [4.69, 9.17) is 14.7 Å². The number of fused-ring (bicyclic) bond motifs is 1. The summed E-state index contributed by atoms with van der Waals surface area (Å²) in [4.78, 5) is 27.2. The van der Waals surface area contributed by atoms with Crippen molar-refractivity contribution in [3.63, 3.8) is 0 Å². The maximum Gasteiger partial charge on any atom is 0.254 e. The number of likely N-dealkylation sites (tertiary alicyclic amines) is 1. The second kappa shape index (κ2) is 7.61. The molecule has 4 rings (SSSR count). The highest BCUT2D eigenvalue weighted by molar-refractivity contribution is 5.98. The summed E-state index contributed by atoms with van der Waals surface area (Å²) in [6, 6.07) is 13.7. The van der Waals surface area contributed by atoms with Gasteiger partial charge in [-0.1, -0.05) is 12.1 Å². The largest absolute Gasteiger partial charge is 0.454 e. The molecule has 0 aliphatic carbocycles. The van der Waals surface area contributed by atoms with E-state index in [-0.39, 0.29) is 18.6 Å². The number of ether oxygens (including phenoxy) is 2. The molecule has 0 spiro atoms. The first-order valence-corrected chi connectivity index (χ1v) is 9.13. The van der Waals surface area contributed by atoms with Crippen LogP contribution in [0.3, 0.4) is 0 Å². The van der Waals surface area contributed by atoms with Gasteiger partial charge in [-0.3, -0.25) is 9.59 Å². The summed E-state index contributed by atoms with van der Waals surface area (Å²) in [6.45, 7) is 1.05. The Bertz CT molecular complexity index is 949. The Labute approximate surface area is 162 Å². The number of nitrogens with zero attached hydrogens (tertiary/aromatic N) is 2. The molecule has 142 valence electrons. The molecule has 0 aromatic heterocycles. The number of amides is 2. The van der Waals surface area contributed by atoms with E-state index in [1.165, 1.54) is 0 Å². The summed E-state index contributed by atoms with van der Waals surface area (Å²) < 4.78 is 10.6. The van der Waals surface area contributed by atoms with Gasteiger partial charge in [0.1, 0.15) is 6.04 Å². The third-order valence-corrected chi connectivity index (χ3v) is 4.99. The molecule has 1 saturated heterocycles. The first kappa shape index (κ1) is 17.9. The van der Waals surface area contributed by atoms with Crippen LogP contribution in [0.1, 0.15) is 34.3 Å². The quantitative estimate of drug-likeness (QED) is 0.882. The zero-order chi connectivity index (χ0) is 19.5. The van der Waals surface area contributed by atoms with Gasteiger partial charge in [-0.05, 0) is 48.7 Å². The van der Waals surface area contributed by atoms with E-state index in [0.717, 1.165) is 12.0 Å². The molecule has 1 unspecified atom stereocenters. The Kier molecular flexibility index (Phi) is 4.85. The molecule has 1 N–H and O–H groups in total. The molecule has 0 saturated carbocycles. The van der Waals surface area contributed by atoms with E-state index in [1.54, 1.807) is 35.2 Å². The lowest BCUT2D eigenvalue weighted by Gasteiger charge is -2.24. The van der Waals surface area contributed by atoms with Crippen LogP contribution in [-0.4, -0.2) is 36.1 Å². The van der Waals surface area contributed by atoms with Gasteiger partial charge < -0.3 is 19.7 Å². The summed E-state index contributed by atoms with van der Waals surface area (Å²) in [5, 5.41) is 11.7. The molecule has 28 heavy (non-hydrogen) atoms. The van der Waals surface area contributed by atoms with Crippen LogP contribution in [0.4, 0.5) is 0 Å². The SMILES string of the molecule is N#Cc1ccc(CNC(=O)C2CCCN2C(=O)c2ccc3c(c2)OCO3)cc1. The van der Waals surface area contributed by atoms with E-state index in [2.05, 4.69) is 11.4 Å². The van der Waals surface area contributed by atoms with Gasteiger partial charge >= 0.3 is 0 Å². The van der Waals surface area contributed by atoms with Gasteiger partial charge in [0, 0.05) is 18.7 Å². The molecule has 7 nitrogen and oxygen atoms in total. The topological polar surface area (TPSA) is 91.7 Å². The summed E-state index contributed by atoms with van der Waals surface area (Å²) in [5.41, 5.74) is 1.96. The predicted octanol–water partition coefficient (Wildman–Crippen LogP) is 2.21. The number of nitrogens with one attached hydrogen (secondary N) is 1. The van der Waals surface area contributed by atoms with Crippen LogP contribution in [0, 0.1) is 11.3 Å². The fourth-order valence-electron chi connectivity index (χ4n) is 3.48. The van der Waals surface area contributed by atoms with Crippen molar-refractivity contribution in [1.29, 1.82) is 5.26 Å². The van der Waals surface area contributed by atoms with Gasteiger partial charge in [0.2, 0.25) is 12.7 Å². The summed E-state index contributed by atoms with van der Waals surface area (Å²) in [5.74, 6) is 0.812. The van der Waals surface area contributed by atoms with Crippen LogP contribution >= 0.6 is 0 Å². The maximum atomic E-state index is 12.9. The predicted molar refractivity (Wildman–Crippen MR) is 99.6 cm³/mol. The highest BCUT2D eigenvalue weighted by Crippen LogP contribution is 2.33. The highest BCUT2D eigenvalue weighted by Gasteiger charge is 2.34. The fraction of sp³-hybridized carbons (Fsp3) is 0.286. The average Bonchev–Trinajstić information content (AvgIpc) is 3.40. The van der Waals surface area contributed by atoms with Gasteiger partial charge in [0.25, 0.3) is 5.91 Å². The smallest absolute Gasteiger partial charge is 0.254 e. The maximum absolute atomic E-state index is 12.9. The number of rotatable bonds is 4. The van der Waals surface area contributed by atoms with E-state index in [1.807, 2.05) is 12.1 Å². The summed E-state index contributed by atoms with van der Waals surface area (Å²) in [6.07, 6.45) is 1.42. The second-order valence-corrected chi connectivity index (χ2v) is 6.75. The summed E-state index contributed by atoms with van der Waals surface area (Å²) >= 11 is 0. The molecule has 0 radical (unpaired) electrons. The van der Waals surface area contributed by atoms with Crippen molar-refractivity contribution in [3.8, 4) is 17.6 Å². The average molecular weight is 377 g/mol. The minimum absolute atomic E-state index is 0.150. The van der Waals surface area contributed by atoms with Gasteiger partial charge in [-0.25, -0.2) is 0 Å². The van der Waals surface area contributed by atoms with Gasteiger partial charge in [0.05, 0.1) is 11.6 Å². The Morgan fingerprint density at radius 2 is 1.93 bits per heavy atom. The molecule has 2 aromatic carbocycles. The van der Waals surface area contributed by atoms with Crippen LogP contribution in [0.25, 0.3) is 0 Å². The Morgan fingerprint density at radius 1 is 1.14 bits per heavy atom. The number of carbonyl (C=O) groups excluding carboxylic acids is 2. The Balaban J connectivity index is 1.41. The molecule has 1 fully saturated rings. The third-order valence-electron chi connectivity index (χ3n) is 4.99. The van der Waals surface area contributed by atoms with Crippen molar-refractivity contribution >= 4 is 11.8 Å². The first-order valence-electron chi connectivity index (χ1n) is 9.13. The highest BCUT2D eigenvalue weighted by atomic mass is 16.7. The lowest BCUT2D eigenvalue weighted by molar-refractivity contribution is -0.125. The molecule has 2 heterocycles. The molecule has 2 amide bonds. The van der Waals surface area contributed by atoms with Crippen LogP contribution in [0.15, 0.2) is 42.5 Å². The zero-order valence-electron chi connectivity index (χ0n) is 15.2. The number of benzene rings is 2. The molecular formula is C21H19N3O4. The number of hydrogen-bond acceptors (Lipinski definition) is 5. The zero-order valence-corrected chi connectivity index (χ0v) is 15.2. The summed E-state index contributed by atoms with van der Waals surface area (Å²) in [7, 11) is 0. The molecule has 2 aromatic rings. The number of nitriles is 1. The lowest BCUT2D eigenvalue weighted by atomic mass is 10.1. The van der Waals surface area contributed by atoms with Crippen molar-refractivity contribution < 1.29 is 19.1 Å². The standard InChI is InChI=1S/C21H19N3O4/c22-11-14-3-5-15(6-4-14)12-23-20(25)17-2-1-9-24(17)21(26)16-7-8-18-19(10-16)28-13-27-18/h3-8,10,17H,1-2,9,12-13H2,(H,23,25). The lowest BCUT2D eigenvalue weighted by Crippen LogP contribution is -2.45. The van der Waals surface area contributed by atoms with Crippen LogP contribution < -0.4 is 14.8 Å². The second-order valence-electron chi connectivity index (χ2n) is 6.75. The van der Waals surface area contributed by atoms with E-state index < -0.39 is 6.04 Å². The fourth-order valence-corrected chi connectivity index (χ4v) is 3.48. The third kappa shape index (κ3) is 3.49. The molecular weight excluding hydrogens is 358 g/mol. The van der Waals surface area contributed by atoms with Gasteiger partial charge in [-0.2, -0.15) is 5.26 Å². The molecule has 1 atom stereocenters. The van der Waals surface area contributed by atoms with Crippen molar-refractivity contribution in [1.82, 2.24) is 10.2 Å². The molecule has 7 heteroatoms. The Morgan fingerprint density at radius 3 is 2.71 bits per heavy atom. The molecule has 2 aliphatic rings. The van der Waals surface area contributed by atoms with Crippen molar-refractivity contribution in [2.24, 2.45) is 0 Å². The van der Waals surface area contributed by atoms with Crippen molar-refractivity contribution in [2.75, 3.05) is 13.3 Å². The van der Waals surface area contributed by atoms with E-state index >= 15 is 0 Å². The van der Waals surface area contributed by atoms with Crippen molar-refractivity contribution in [2.45, 2.75) is 25.4 Å². The van der Waals surface area contributed by atoms with Crippen molar-refractivity contribution in [3.05, 3.63) is 59.2 Å². The van der Waals surface area contributed by atoms with Crippen LogP contribution in [0.5, 0.6) is 11.5 Å². The van der Waals surface area contributed by atoms with Gasteiger partial charge in [-0.15, -0.1) is 0 Å². The number of carbonyl (C=O) groups is 2. The van der Waals surface area contributed by atoms with Crippen LogP contribution in [-0.2, 0) is 11.3 Å². The Hall–Kier alpha value is -3.53. The molecule has 0 bridgehead atoms. The van der Waals surface area contributed by atoms with Gasteiger partial charge in [0.15, 0.2) is 11.5 Å². The monoisotopic (exact) mass is 377 g/mol. The minimum atomic E-state index is -0.490. The van der Waals surface area contributed by atoms with E-state index in [0.29, 0.717) is 42.1 Å². The van der Waals surface area contributed by atoms with Crippen LogP contribution in [0.2, 0.25) is 0 Å².